The number of hydrogen-bond donors (Lipinski definition) is 3. The van der Waals surface area contributed by atoms with E-state index in [4.69, 9.17) is 16.6 Å². The summed E-state index contributed by atoms with van der Waals surface area (Å²) >= 11 is 1.62. The number of aliphatic hydroxyl groups excluding tert-OH is 1. The van der Waals surface area contributed by atoms with Crippen molar-refractivity contribution in [2.75, 3.05) is 24.6 Å². The van der Waals surface area contributed by atoms with Gasteiger partial charge in [-0.1, -0.05) is 5.92 Å². The molecule has 0 aliphatic rings. The van der Waals surface area contributed by atoms with Crippen molar-refractivity contribution in [1.29, 1.82) is 0 Å². The second-order valence-electron chi connectivity index (χ2n) is 2.71. The monoisotopic (exact) mass is 217 g/mol. The molecule has 4 nitrogen and oxygen atoms in total. The van der Waals surface area contributed by atoms with Crippen LogP contribution < -0.4 is 5.32 Å². The standard InChI is InChI=1S/C9H15NO3S/c1-2-4-14-5-3-10-7-8(11)6-9(12)13/h1,8,10-11H,3-7H2,(H,12,13). The van der Waals surface area contributed by atoms with Crippen molar-refractivity contribution in [2.45, 2.75) is 12.5 Å². The van der Waals surface area contributed by atoms with Gasteiger partial charge in [-0.25, -0.2) is 0 Å². The molecule has 0 bridgehead atoms. The Hall–Kier alpha value is -0.700. The number of terminal acetylenes is 1. The quantitative estimate of drug-likeness (QED) is 0.387. The molecule has 0 amide bonds. The van der Waals surface area contributed by atoms with Crippen molar-refractivity contribution in [2.24, 2.45) is 0 Å². The van der Waals surface area contributed by atoms with Crippen molar-refractivity contribution >= 4 is 17.7 Å². The number of carboxylic acid groups (broad SMARTS) is 1. The molecule has 0 rings (SSSR count). The summed E-state index contributed by atoms with van der Waals surface area (Å²) in [5.74, 6) is 3.06. The average Bonchev–Trinajstić information content (AvgIpc) is 2.10. The van der Waals surface area contributed by atoms with Gasteiger partial charge in [0.2, 0.25) is 0 Å². The number of carboxylic acids is 1. The van der Waals surface area contributed by atoms with E-state index in [1.807, 2.05) is 0 Å². The Morgan fingerprint density at radius 3 is 2.93 bits per heavy atom. The number of rotatable bonds is 8. The summed E-state index contributed by atoms with van der Waals surface area (Å²) in [6.07, 6.45) is 4.02. The summed E-state index contributed by atoms with van der Waals surface area (Å²) < 4.78 is 0. The maximum atomic E-state index is 10.2. The fraction of sp³-hybridized carbons (Fsp3) is 0.667. The third-order valence-corrected chi connectivity index (χ3v) is 2.26. The average molecular weight is 217 g/mol. The molecule has 0 heterocycles. The Balaban J connectivity index is 3.19. The van der Waals surface area contributed by atoms with Gasteiger partial charge in [0.05, 0.1) is 18.3 Å². The number of aliphatic hydroxyl groups is 1. The zero-order valence-corrected chi connectivity index (χ0v) is 8.72. The van der Waals surface area contributed by atoms with Gasteiger partial charge in [-0.15, -0.1) is 18.2 Å². The summed E-state index contributed by atoms with van der Waals surface area (Å²) in [4.78, 5) is 10.2. The Morgan fingerprint density at radius 1 is 1.64 bits per heavy atom. The van der Waals surface area contributed by atoms with E-state index in [9.17, 15) is 4.79 Å². The molecule has 14 heavy (non-hydrogen) atoms. The fourth-order valence-corrected chi connectivity index (χ4v) is 1.37. The van der Waals surface area contributed by atoms with Crippen molar-refractivity contribution in [3.63, 3.8) is 0 Å². The predicted molar refractivity (Wildman–Crippen MR) is 57.3 cm³/mol. The van der Waals surface area contributed by atoms with Gasteiger partial charge in [0.1, 0.15) is 0 Å². The third-order valence-electron chi connectivity index (χ3n) is 1.40. The van der Waals surface area contributed by atoms with Crippen LogP contribution in [-0.4, -0.2) is 46.9 Å². The smallest absolute Gasteiger partial charge is 0.306 e. The van der Waals surface area contributed by atoms with E-state index in [1.165, 1.54) is 0 Å². The minimum Gasteiger partial charge on any atom is -0.481 e. The highest BCUT2D eigenvalue weighted by molar-refractivity contribution is 7.99. The van der Waals surface area contributed by atoms with Gasteiger partial charge in [-0.2, -0.15) is 0 Å². The SMILES string of the molecule is C#CCSCCNCC(O)CC(=O)O. The largest absolute Gasteiger partial charge is 0.481 e. The van der Waals surface area contributed by atoms with E-state index >= 15 is 0 Å². The molecule has 0 aromatic heterocycles. The van der Waals surface area contributed by atoms with E-state index in [2.05, 4.69) is 11.2 Å². The molecule has 1 atom stereocenters. The first-order chi connectivity index (χ1) is 6.66. The lowest BCUT2D eigenvalue weighted by atomic mass is 10.2. The van der Waals surface area contributed by atoms with Crippen LogP contribution in [0.15, 0.2) is 0 Å². The van der Waals surface area contributed by atoms with Gasteiger partial charge in [-0.3, -0.25) is 4.79 Å². The molecule has 0 aliphatic carbocycles. The summed E-state index contributed by atoms with van der Waals surface area (Å²) in [5, 5.41) is 20.4. The van der Waals surface area contributed by atoms with Crippen molar-refractivity contribution < 1.29 is 15.0 Å². The fourth-order valence-electron chi connectivity index (χ4n) is 0.818. The molecule has 0 spiro atoms. The second kappa shape index (κ2) is 8.88. The van der Waals surface area contributed by atoms with Crippen LogP contribution in [0.2, 0.25) is 0 Å². The zero-order valence-electron chi connectivity index (χ0n) is 7.90. The molecule has 0 saturated carbocycles. The van der Waals surface area contributed by atoms with Crippen LogP contribution >= 0.6 is 11.8 Å². The molecule has 0 aromatic rings. The summed E-state index contributed by atoms with van der Waals surface area (Å²) in [5.41, 5.74) is 0. The molecule has 0 aliphatic heterocycles. The van der Waals surface area contributed by atoms with E-state index in [0.717, 1.165) is 12.3 Å². The molecule has 0 aromatic carbocycles. The number of hydrogen-bond acceptors (Lipinski definition) is 4. The van der Waals surface area contributed by atoms with Gasteiger partial charge in [0.15, 0.2) is 0 Å². The van der Waals surface area contributed by atoms with Crippen LogP contribution in [0.3, 0.4) is 0 Å². The van der Waals surface area contributed by atoms with Crippen molar-refractivity contribution in [3.8, 4) is 12.3 Å². The highest BCUT2D eigenvalue weighted by Gasteiger charge is 2.07. The minimum atomic E-state index is -0.985. The highest BCUT2D eigenvalue weighted by atomic mass is 32.2. The first kappa shape index (κ1) is 13.3. The first-order valence-electron chi connectivity index (χ1n) is 4.28. The molecule has 0 radical (unpaired) electrons. The van der Waals surface area contributed by atoms with Gasteiger partial charge in [0.25, 0.3) is 0 Å². The van der Waals surface area contributed by atoms with Crippen LogP contribution in [-0.2, 0) is 4.79 Å². The third kappa shape index (κ3) is 9.39. The normalized spacial score (nSPS) is 12.0. The lowest BCUT2D eigenvalue weighted by Gasteiger charge is -2.08. The number of thioether (sulfide) groups is 1. The van der Waals surface area contributed by atoms with E-state index in [1.54, 1.807) is 11.8 Å². The maximum absolute atomic E-state index is 10.2. The van der Waals surface area contributed by atoms with Crippen LogP contribution in [0, 0.1) is 12.3 Å². The van der Waals surface area contributed by atoms with Gasteiger partial charge in [-0.05, 0) is 0 Å². The van der Waals surface area contributed by atoms with Crippen LogP contribution in [0.1, 0.15) is 6.42 Å². The second-order valence-corrected chi connectivity index (χ2v) is 3.82. The minimum absolute atomic E-state index is 0.218. The van der Waals surface area contributed by atoms with E-state index < -0.39 is 12.1 Å². The zero-order chi connectivity index (χ0) is 10.8. The maximum Gasteiger partial charge on any atom is 0.306 e. The molecule has 80 valence electrons. The molecular weight excluding hydrogens is 202 g/mol. The van der Waals surface area contributed by atoms with Crippen LogP contribution in [0.5, 0.6) is 0 Å². The molecule has 5 heteroatoms. The Morgan fingerprint density at radius 2 is 2.36 bits per heavy atom. The topological polar surface area (TPSA) is 69.6 Å². The number of aliphatic carboxylic acids is 1. The molecular formula is C9H15NO3S. The predicted octanol–water partition coefficient (Wildman–Crippen LogP) is -0.222. The lowest BCUT2D eigenvalue weighted by Crippen LogP contribution is -2.30. The van der Waals surface area contributed by atoms with Crippen molar-refractivity contribution in [1.82, 2.24) is 5.32 Å². The van der Waals surface area contributed by atoms with Crippen molar-refractivity contribution in [3.05, 3.63) is 0 Å². The van der Waals surface area contributed by atoms with E-state index in [-0.39, 0.29) is 6.42 Å². The highest BCUT2D eigenvalue weighted by Crippen LogP contribution is 1.95. The first-order valence-corrected chi connectivity index (χ1v) is 5.44. The van der Waals surface area contributed by atoms with Gasteiger partial charge >= 0.3 is 5.97 Å². The molecule has 3 N–H and O–H groups in total. The summed E-state index contributed by atoms with van der Waals surface area (Å²) in [6, 6.07) is 0. The lowest BCUT2D eigenvalue weighted by molar-refractivity contribution is -0.139. The Labute approximate surface area is 88.1 Å². The number of nitrogens with one attached hydrogen (secondary N) is 1. The van der Waals surface area contributed by atoms with Gasteiger partial charge < -0.3 is 15.5 Å². The number of carbonyl (C=O) groups is 1. The van der Waals surface area contributed by atoms with Gasteiger partial charge in [0, 0.05) is 18.8 Å². The Kier molecular flexibility index (Phi) is 8.43. The molecule has 0 fully saturated rings. The van der Waals surface area contributed by atoms with E-state index in [0.29, 0.717) is 12.3 Å². The molecule has 1 unspecified atom stereocenters. The summed E-state index contributed by atoms with van der Waals surface area (Å²) in [7, 11) is 0. The molecule has 0 saturated heterocycles. The Bertz CT molecular complexity index is 203. The van der Waals surface area contributed by atoms with Crippen LogP contribution in [0.4, 0.5) is 0 Å². The summed E-state index contributed by atoms with van der Waals surface area (Å²) in [6.45, 7) is 1.03. The van der Waals surface area contributed by atoms with Crippen LogP contribution in [0.25, 0.3) is 0 Å².